The lowest BCUT2D eigenvalue weighted by Crippen LogP contribution is -2.48. The zero-order valence-electron chi connectivity index (χ0n) is 16.4. The second-order valence-corrected chi connectivity index (χ2v) is 7.59. The van der Waals surface area contributed by atoms with Gasteiger partial charge in [-0.2, -0.15) is 0 Å². The predicted octanol–water partition coefficient (Wildman–Crippen LogP) is 2.79. The van der Waals surface area contributed by atoms with Crippen LogP contribution in [-0.2, 0) is 0 Å². The second-order valence-electron chi connectivity index (χ2n) is 7.59. The van der Waals surface area contributed by atoms with Gasteiger partial charge in [-0.15, -0.1) is 24.8 Å². The third-order valence-electron chi connectivity index (χ3n) is 5.49. The Kier molecular flexibility index (Phi) is 10.5. The van der Waals surface area contributed by atoms with E-state index in [0.717, 1.165) is 51.4 Å². The van der Waals surface area contributed by atoms with E-state index in [0.29, 0.717) is 12.0 Å². The maximum Gasteiger partial charge on any atom is 0.251 e. The minimum atomic E-state index is 0. The maximum absolute atomic E-state index is 12.3. The summed E-state index contributed by atoms with van der Waals surface area (Å²) in [7, 11) is 0. The molecule has 2 aliphatic heterocycles. The van der Waals surface area contributed by atoms with Gasteiger partial charge in [0.2, 0.25) is 0 Å². The molecule has 0 spiro atoms. The van der Waals surface area contributed by atoms with Crippen molar-refractivity contribution in [1.29, 1.82) is 0 Å². The minimum absolute atomic E-state index is 0. The standard InChI is InChI=1S/C20H32N4O.2ClH/c1-16(2)23-10-12-24(13-11-23)19-7-5-18(6-8-19)20(25)22-15-17-4-3-9-21-14-17;;/h5-8,16-17,21H,3-4,9-15H2,1-2H3,(H,22,25);2*1H. The predicted molar refractivity (Wildman–Crippen MR) is 118 cm³/mol. The van der Waals surface area contributed by atoms with Gasteiger partial charge < -0.3 is 15.5 Å². The first-order valence-electron chi connectivity index (χ1n) is 9.71. The monoisotopic (exact) mass is 416 g/mol. The average Bonchev–Trinajstić information content (AvgIpc) is 2.67. The molecule has 0 saturated carbocycles. The number of rotatable bonds is 5. The van der Waals surface area contributed by atoms with E-state index in [1.165, 1.54) is 18.5 Å². The van der Waals surface area contributed by atoms with Crippen molar-refractivity contribution in [2.75, 3.05) is 50.7 Å². The molecular weight excluding hydrogens is 383 g/mol. The van der Waals surface area contributed by atoms with Crippen LogP contribution in [0.1, 0.15) is 37.0 Å². The Bertz CT molecular complexity index is 554. The van der Waals surface area contributed by atoms with Gasteiger partial charge in [-0.1, -0.05) is 0 Å². The summed E-state index contributed by atoms with van der Waals surface area (Å²) in [4.78, 5) is 17.3. The van der Waals surface area contributed by atoms with Crippen LogP contribution in [0, 0.1) is 5.92 Å². The molecule has 2 N–H and O–H groups in total. The summed E-state index contributed by atoms with van der Waals surface area (Å²) >= 11 is 0. The maximum atomic E-state index is 12.3. The molecule has 1 aromatic carbocycles. The zero-order chi connectivity index (χ0) is 17.6. The van der Waals surface area contributed by atoms with Crippen LogP contribution in [-0.4, -0.2) is 62.7 Å². The number of carbonyl (C=O) groups excluding carboxylic acids is 1. The van der Waals surface area contributed by atoms with Gasteiger partial charge in [-0.05, 0) is 70.0 Å². The highest BCUT2D eigenvalue weighted by Gasteiger charge is 2.19. The number of hydrogen-bond donors (Lipinski definition) is 2. The molecule has 3 rings (SSSR count). The Labute approximate surface area is 176 Å². The van der Waals surface area contributed by atoms with Gasteiger partial charge in [-0.25, -0.2) is 0 Å². The molecule has 7 heteroatoms. The van der Waals surface area contributed by atoms with Gasteiger partial charge in [0.15, 0.2) is 0 Å². The molecule has 2 fully saturated rings. The molecule has 1 aromatic rings. The van der Waals surface area contributed by atoms with Crippen LogP contribution in [0.4, 0.5) is 5.69 Å². The quantitative estimate of drug-likeness (QED) is 0.774. The SMILES string of the molecule is CC(C)N1CCN(c2ccc(C(=O)NCC3CCCNC3)cc2)CC1.Cl.Cl. The van der Waals surface area contributed by atoms with E-state index in [1.807, 2.05) is 12.1 Å². The Balaban J connectivity index is 0.00000182. The second kappa shape index (κ2) is 11.7. The Hall–Kier alpha value is -1.01. The molecule has 0 radical (unpaired) electrons. The van der Waals surface area contributed by atoms with E-state index in [9.17, 15) is 4.79 Å². The largest absolute Gasteiger partial charge is 0.369 e. The Morgan fingerprint density at radius 2 is 1.81 bits per heavy atom. The lowest BCUT2D eigenvalue weighted by atomic mass is 9.99. The van der Waals surface area contributed by atoms with Gasteiger partial charge in [0.25, 0.3) is 5.91 Å². The number of amides is 1. The molecule has 0 aromatic heterocycles. The van der Waals surface area contributed by atoms with Crippen molar-refractivity contribution in [3.8, 4) is 0 Å². The van der Waals surface area contributed by atoms with Crippen LogP contribution in [0.5, 0.6) is 0 Å². The van der Waals surface area contributed by atoms with Gasteiger partial charge in [0.05, 0.1) is 0 Å². The summed E-state index contributed by atoms with van der Waals surface area (Å²) in [5, 5.41) is 6.48. The molecule has 1 amide bonds. The molecule has 0 aliphatic carbocycles. The van der Waals surface area contributed by atoms with E-state index >= 15 is 0 Å². The first-order valence-corrected chi connectivity index (χ1v) is 9.71. The molecule has 2 aliphatic rings. The van der Waals surface area contributed by atoms with Gasteiger partial charge >= 0.3 is 0 Å². The third-order valence-corrected chi connectivity index (χ3v) is 5.49. The lowest BCUT2D eigenvalue weighted by molar-refractivity contribution is 0.0945. The van der Waals surface area contributed by atoms with Crippen molar-refractivity contribution >= 4 is 36.4 Å². The number of halogens is 2. The number of nitrogens with zero attached hydrogens (tertiary/aromatic N) is 2. The number of carbonyl (C=O) groups is 1. The molecule has 27 heavy (non-hydrogen) atoms. The normalized spacial score (nSPS) is 20.6. The molecule has 2 saturated heterocycles. The first kappa shape index (κ1) is 24.0. The fourth-order valence-corrected chi connectivity index (χ4v) is 3.76. The van der Waals surface area contributed by atoms with Crippen LogP contribution in [0.2, 0.25) is 0 Å². The van der Waals surface area contributed by atoms with Gasteiger partial charge in [-0.3, -0.25) is 9.69 Å². The number of benzene rings is 1. The van der Waals surface area contributed by atoms with Gasteiger partial charge in [0.1, 0.15) is 0 Å². The highest BCUT2D eigenvalue weighted by atomic mass is 35.5. The van der Waals surface area contributed by atoms with Crippen LogP contribution < -0.4 is 15.5 Å². The van der Waals surface area contributed by atoms with Crippen LogP contribution >= 0.6 is 24.8 Å². The molecule has 0 bridgehead atoms. The Morgan fingerprint density at radius 1 is 1.15 bits per heavy atom. The average molecular weight is 417 g/mol. The van der Waals surface area contributed by atoms with E-state index in [4.69, 9.17) is 0 Å². The van der Waals surface area contributed by atoms with Crippen molar-refractivity contribution in [2.45, 2.75) is 32.7 Å². The molecule has 154 valence electrons. The minimum Gasteiger partial charge on any atom is -0.369 e. The summed E-state index contributed by atoms with van der Waals surface area (Å²) in [6.07, 6.45) is 2.41. The highest BCUT2D eigenvalue weighted by molar-refractivity contribution is 5.94. The number of hydrogen-bond acceptors (Lipinski definition) is 4. The zero-order valence-corrected chi connectivity index (χ0v) is 18.1. The van der Waals surface area contributed by atoms with Crippen molar-refractivity contribution < 1.29 is 4.79 Å². The molecule has 1 unspecified atom stereocenters. The van der Waals surface area contributed by atoms with Gasteiger partial charge in [0, 0.05) is 50.0 Å². The molecule has 2 heterocycles. The fraction of sp³-hybridized carbons (Fsp3) is 0.650. The van der Waals surface area contributed by atoms with E-state index < -0.39 is 0 Å². The van der Waals surface area contributed by atoms with Crippen molar-refractivity contribution in [3.05, 3.63) is 29.8 Å². The van der Waals surface area contributed by atoms with E-state index in [2.05, 4.69) is 46.4 Å². The van der Waals surface area contributed by atoms with Crippen LogP contribution in [0.25, 0.3) is 0 Å². The molecule has 5 nitrogen and oxygen atoms in total. The molecule has 1 atom stereocenters. The number of anilines is 1. The summed E-state index contributed by atoms with van der Waals surface area (Å²) in [5.41, 5.74) is 1.98. The topological polar surface area (TPSA) is 47.6 Å². The first-order chi connectivity index (χ1) is 12.1. The number of nitrogens with one attached hydrogen (secondary N) is 2. The van der Waals surface area contributed by atoms with Crippen molar-refractivity contribution in [3.63, 3.8) is 0 Å². The summed E-state index contributed by atoms with van der Waals surface area (Å²) in [6.45, 7) is 11.7. The van der Waals surface area contributed by atoms with Crippen LogP contribution in [0.15, 0.2) is 24.3 Å². The molecular formula is C20H34Cl2N4O. The fourth-order valence-electron chi connectivity index (χ4n) is 3.76. The number of piperidine rings is 1. The van der Waals surface area contributed by atoms with E-state index in [1.54, 1.807) is 0 Å². The van der Waals surface area contributed by atoms with Crippen LogP contribution in [0.3, 0.4) is 0 Å². The third kappa shape index (κ3) is 6.83. The summed E-state index contributed by atoms with van der Waals surface area (Å²) in [6, 6.07) is 8.70. The summed E-state index contributed by atoms with van der Waals surface area (Å²) < 4.78 is 0. The Morgan fingerprint density at radius 3 is 2.37 bits per heavy atom. The van der Waals surface area contributed by atoms with Crippen molar-refractivity contribution in [2.24, 2.45) is 5.92 Å². The van der Waals surface area contributed by atoms with E-state index in [-0.39, 0.29) is 30.7 Å². The smallest absolute Gasteiger partial charge is 0.251 e. The highest BCUT2D eigenvalue weighted by Crippen LogP contribution is 2.18. The number of piperazine rings is 1. The lowest BCUT2D eigenvalue weighted by Gasteiger charge is -2.38. The van der Waals surface area contributed by atoms with Crippen molar-refractivity contribution in [1.82, 2.24) is 15.5 Å². The summed E-state index contributed by atoms with van der Waals surface area (Å²) in [5.74, 6) is 0.607.